The van der Waals surface area contributed by atoms with Gasteiger partial charge in [0.05, 0.1) is 0 Å². The van der Waals surface area contributed by atoms with Gasteiger partial charge in [0.25, 0.3) is 0 Å². The molecule has 0 aromatic heterocycles. The molecule has 5 atom stereocenters. The second kappa shape index (κ2) is 28.6. The summed E-state index contributed by atoms with van der Waals surface area (Å²) in [4.78, 5) is 0. The first-order chi connectivity index (χ1) is 36.4. The standard InChI is InChI=1S/C39H53N.C28H28.C6H10.C2H6/c1-9-13-16-25-36(8,31-19-21-32(40)22-20-31)38-27-26-37(38,23-10-2)35(28-38)39(24-11-3,30(7)12-4)34-18-15-14-17-33(34)29(5)6;1-5-11-24(25-12-7-6-8-13-25)19-18-23-17-16-22(2)26-14-9-10-15-27(26)28(3,4)21-20-23;1-4-5-6(2)3;1-2/h9-10,13-22,25,28-30H,2,11-12,23-24,26-27,40H2,1,3-8H3;5-20H,1-2,21H2,3-4H3;4-5H,2H2,1,3H3;1-2H3/b13-9-,25-16-;17-16-,19-18-,23-20+,24-11+;5-4-;/t30?,36?,37-,38+,39?;;;/m0.../s1. The van der Waals surface area contributed by atoms with E-state index in [1.165, 1.54) is 59.1 Å². The summed E-state index contributed by atoms with van der Waals surface area (Å²) < 4.78 is 0. The zero-order valence-corrected chi connectivity index (χ0v) is 49.5. The van der Waals surface area contributed by atoms with E-state index in [0.29, 0.717) is 11.8 Å². The van der Waals surface area contributed by atoms with Gasteiger partial charge in [0, 0.05) is 27.3 Å². The number of benzene rings is 4. The first-order valence-electron chi connectivity index (χ1n) is 28.5. The van der Waals surface area contributed by atoms with Crippen LogP contribution >= 0.6 is 0 Å². The number of hydrogen-bond donors (Lipinski definition) is 1. The molecule has 1 fully saturated rings. The van der Waals surface area contributed by atoms with E-state index in [-0.39, 0.29) is 27.1 Å². The molecule has 0 saturated heterocycles. The largest absolute Gasteiger partial charge is 0.399 e. The third-order valence-electron chi connectivity index (χ3n) is 16.6. The summed E-state index contributed by atoms with van der Waals surface area (Å²) in [6.45, 7) is 45.3. The fourth-order valence-corrected chi connectivity index (χ4v) is 12.5. The Morgan fingerprint density at radius 3 is 2.03 bits per heavy atom. The summed E-state index contributed by atoms with van der Waals surface area (Å²) >= 11 is 0. The fourth-order valence-electron chi connectivity index (χ4n) is 12.5. The number of nitrogens with two attached hydrogens (primary N) is 1. The lowest BCUT2D eigenvalue weighted by Crippen LogP contribution is -2.69. The maximum atomic E-state index is 6.17. The van der Waals surface area contributed by atoms with Gasteiger partial charge in [-0.3, -0.25) is 0 Å². The van der Waals surface area contributed by atoms with E-state index in [1.807, 2.05) is 58.1 Å². The first-order valence-corrected chi connectivity index (χ1v) is 28.5. The lowest BCUT2D eigenvalue weighted by molar-refractivity contribution is -0.101. The zero-order valence-electron chi connectivity index (χ0n) is 49.5. The topological polar surface area (TPSA) is 26.0 Å². The highest BCUT2D eigenvalue weighted by Gasteiger charge is 2.74. The molecule has 0 radical (unpaired) electrons. The van der Waals surface area contributed by atoms with Crippen LogP contribution in [0.25, 0.3) is 11.1 Å². The maximum Gasteiger partial charge on any atom is 0.0314 e. The summed E-state index contributed by atoms with van der Waals surface area (Å²) in [7, 11) is 0. The van der Waals surface area contributed by atoms with E-state index in [1.54, 1.807) is 11.1 Å². The van der Waals surface area contributed by atoms with Gasteiger partial charge in [0.1, 0.15) is 0 Å². The van der Waals surface area contributed by atoms with Crippen LogP contribution in [0.15, 0.2) is 237 Å². The van der Waals surface area contributed by atoms with Crippen molar-refractivity contribution in [3.63, 3.8) is 0 Å². The molecule has 0 spiro atoms. The Morgan fingerprint density at radius 1 is 0.803 bits per heavy atom. The third kappa shape index (κ3) is 13.4. The van der Waals surface area contributed by atoms with Crippen LogP contribution in [-0.4, -0.2) is 0 Å². The zero-order chi connectivity index (χ0) is 56.2. The van der Waals surface area contributed by atoms with Crippen LogP contribution in [0.5, 0.6) is 0 Å². The highest BCUT2D eigenvalue weighted by molar-refractivity contribution is 5.78. The van der Waals surface area contributed by atoms with Gasteiger partial charge < -0.3 is 5.73 Å². The van der Waals surface area contributed by atoms with Crippen molar-refractivity contribution in [2.75, 3.05) is 5.73 Å². The Hall–Kier alpha value is -6.44. The monoisotopic (exact) mass is 1010 g/mol. The molecular weight excluding hydrogens is 915 g/mol. The normalized spacial score (nSPS) is 21.8. The van der Waals surface area contributed by atoms with Gasteiger partial charge in [0.2, 0.25) is 0 Å². The van der Waals surface area contributed by atoms with Gasteiger partial charge in [-0.15, -0.1) is 6.58 Å². The van der Waals surface area contributed by atoms with Gasteiger partial charge in [-0.05, 0) is 132 Å². The maximum absolute atomic E-state index is 6.17. The van der Waals surface area contributed by atoms with Crippen LogP contribution < -0.4 is 5.73 Å². The SMILES string of the molecule is C=C(C)/C=C\C.C=CC[C@@]12CC[C@]1(C(C)(/C=C\C=C/C)c1ccc(N)cc1)C=C2C(CCC)(c1ccccc1C(C)C)C(C)CC.C=C\C=C(/C=C\C1=C\CC(C)(C)c2ccccc2C(=C)\C=C/1)c1ccccc1.CC. The summed E-state index contributed by atoms with van der Waals surface area (Å²) in [5.74, 6) is 1.03. The van der Waals surface area contributed by atoms with Gasteiger partial charge in [-0.25, -0.2) is 0 Å². The molecule has 0 aliphatic heterocycles. The highest BCUT2D eigenvalue weighted by atomic mass is 14.8. The summed E-state index contributed by atoms with van der Waals surface area (Å²) in [6.07, 6.45) is 40.7. The smallest absolute Gasteiger partial charge is 0.0314 e. The van der Waals surface area contributed by atoms with E-state index in [2.05, 4.69) is 253 Å². The Morgan fingerprint density at radius 2 is 1.46 bits per heavy atom. The Balaban J connectivity index is 0.000000301. The molecule has 1 saturated carbocycles. The van der Waals surface area contributed by atoms with Gasteiger partial charge in [-0.1, -0.05) is 295 Å². The van der Waals surface area contributed by atoms with Gasteiger partial charge >= 0.3 is 0 Å². The van der Waals surface area contributed by atoms with Crippen molar-refractivity contribution in [1.82, 2.24) is 0 Å². The van der Waals surface area contributed by atoms with Crippen LogP contribution in [0.1, 0.15) is 174 Å². The number of rotatable bonds is 18. The minimum atomic E-state index is -0.157. The summed E-state index contributed by atoms with van der Waals surface area (Å²) in [6, 6.07) is 37.0. The molecule has 4 aromatic carbocycles. The Kier molecular flexibility index (Phi) is 23.4. The first kappa shape index (κ1) is 62.1. The van der Waals surface area contributed by atoms with E-state index in [9.17, 15) is 0 Å². The quantitative estimate of drug-likeness (QED) is 0.0600. The molecular formula is C75H97N. The number of allylic oxidation sites excluding steroid dienone is 20. The molecule has 0 bridgehead atoms. The van der Waals surface area contributed by atoms with E-state index in [0.717, 1.165) is 41.7 Å². The number of fused-ring (bicyclic) bond motifs is 2. The number of nitrogen functional groups attached to an aromatic ring is 1. The molecule has 7 rings (SSSR count). The highest BCUT2D eigenvalue weighted by Crippen LogP contribution is 2.81. The van der Waals surface area contributed by atoms with Crippen molar-refractivity contribution >= 4 is 16.8 Å². The molecule has 3 aliphatic rings. The summed E-state index contributed by atoms with van der Waals surface area (Å²) in [5.41, 5.74) is 21.4. The minimum absolute atomic E-state index is 0.0202. The van der Waals surface area contributed by atoms with E-state index >= 15 is 0 Å². The predicted octanol–water partition coefficient (Wildman–Crippen LogP) is 21.7. The molecule has 2 N–H and O–H groups in total. The molecule has 4 aromatic rings. The molecule has 402 valence electrons. The van der Waals surface area contributed by atoms with E-state index in [4.69, 9.17) is 5.73 Å². The Labute approximate surface area is 464 Å². The van der Waals surface area contributed by atoms with Crippen LogP contribution in [0.2, 0.25) is 0 Å². The second-order valence-electron chi connectivity index (χ2n) is 22.2. The Bertz CT molecular complexity index is 2810. The third-order valence-corrected chi connectivity index (χ3v) is 16.6. The lowest BCUT2D eigenvalue weighted by Gasteiger charge is -2.75. The minimum Gasteiger partial charge on any atom is -0.399 e. The van der Waals surface area contributed by atoms with Crippen LogP contribution in [0, 0.1) is 16.7 Å². The number of anilines is 1. The van der Waals surface area contributed by atoms with Gasteiger partial charge in [-0.2, -0.15) is 0 Å². The van der Waals surface area contributed by atoms with Crippen molar-refractivity contribution in [2.45, 2.75) is 157 Å². The average molecular weight is 1010 g/mol. The van der Waals surface area contributed by atoms with Crippen molar-refractivity contribution in [2.24, 2.45) is 16.7 Å². The molecule has 0 amide bonds. The second-order valence-corrected chi connectivity index (χ2v) is 22.2. The lowest BCUT2D eigenvalue weighted by atomic mass is 9.27. The van der Waals surface area contributed by atoms with Crippen LogP contribution in [-0.2, 0) is 16.2 Å². The molecule has 3 aliphatic carbocycles. The van der Waals surface area contributed by atoms with E-state index < -0.39 is 0 Å². The van der Waals surface area contributed by atoms with Crippen molar-refractivity contribution in [3.05, 3.63) is 271 Å². The van der Waals surface area contributed by atoms with Gasteiger partial charge in [0.15, 0.2) is 0 Å². The van der Waals surface area contributed by atoms with Crippen LogP contribution in [0.3, 0.4) is 0 Å². The summed E-state index contributed by atoms with van der Waals surface area (Å²) in [5, 5.41) is 0. The predicted molar refractivity (Wildman–Crippen MR) is 341 cm³/mol. The van der Waals surface area contributed by atoms with Crippen LogP contribution in [0.4, 0.5) is 5.69 Å². The fraction of sp³-hybridized carbons (Fsp3) is 0.360. The van der Waals surface area contributed by atoms with Crippen molar-refractivity contribution in [3.8, 4) is 0 Å². The molecule has 0 heterocycles. The van der Waals surface area contributed by atoms with Crippen molar-refractivity contribution in [1.29, 1.82) is 0 Å². The number of hydrogen-bond acceptors (Lipinski definition) is 1. The molecule has 1 heteroatoms. The molecule has 76 heavy (non-hydrogen) atoms. The average Bonchev–Trinajstić information content (AvgIpc) is 3.46. The molecule has 3 unspecified atom stereocenters. The molecule has 1 nitrogen and oxygen atoms in total. The van der Waals surface area contributed by atoms with Crippen molar-refractivity contribution < 1.29 is 0 Å².